The van der Waals surface area contributed by atoms with Gasteiger partial charge in [0.15, 0.2) is 0 Å². The normalized spacial score (nSPS) is 12.2. The molecule has 0 aliphatic rings. The van der Waals surface area contributed by atoms with Gasteiger partial charge in [0, 0.05) is 18.2 Å². The molecule has 0 saturated carbocycles. The third kappa shape index (κ3) is 5.66. The number of ether oxygens (including phenoxy) is 1. The Balaban J connectivity index is 1.96. The van der Waals surface area contributed by atoms with Gasteiger partial charge in [-0.3, -0.25) is 14.9 Å². The zero-order chi connectivity index (χ0) is 19.1. The number of nitrogens with zero attached hydrogens (tertiary/aromatic N) is 1. The number of rotatable bonds is 7. The van der Waals surface area contributed by atoms with Crippen LogP contribution in [0.1, 0.15) is 24.1 Å². The van der Waals surface area contributed by atoms with E-state index in [0.29, 0.717) is 11.1 Å². The Morgan fingerprint density at radius 1 is 1.23 bits per heavy atom. The zero-order valence-electron chi connectivity index (χ0n) is 13.8. The number of hydrogen-bond acceptors (Lipinski definition) is 4. The largest absolute Gasteiger partial charge is 0.435 e. The summed E-state index contributed by atoms with van der Waals surface area (Å²) in [6.07, 6.45) is 2.73. The molecule has 1 N–H and O–H groups in total. The van der Waals surface area contributed by atoms with Gasteiger partial charge in [-0.05, 0) is 36.3 Å². The van der Waals surface area contributed by atoms with Crippen molar-refractivity contribution in [3.05, 3.63) is 75.8 Å². The predicted octanol–water partition coefficient (Wildman–Crippen LogP) is 4.09. The molecule has 0 radical (unpaired) electrons. The first-order valence-corrected chi connectivity index (χ1v) is 7.63. The van der Waals surface area contributed by atoms with E-state index >= 15 is 0 Å². The fraction of sp³-hybridized carbons (Fsp3) is 0.167. The van der Waals surface area contributed by atoms with Crippen molar-refractivity contribution in [3.8, 4) is 5.75 Å². The molecule has 0 bridgehead atoms. The molecule has 0 spiro atoms. The SMILES string of the molecule is CC(NC(=O)C=Cc1cccc([N+](=O)[O-])c1)c1ccc(OC(F)F)cc1. The summed E-state index contributed by atoms with van der Waals surface area (Å²) in [6, 6.07) is 11.5. The van der Waals surface area contributed by atoms with E-state index in [-0.39, 0.29) is 17.5 Å². The van der Waals surface area contributed by atoms with Gasteiger partial charge in [0.2, 0.25) is 5.91 Å². The number of amides is 1. The first-order chi connectivity index (χ1) is 12.3. The Hall–Kier alpha value is -3.29. The topological polar surface area (TPSA) is 81.5 Å². The van der Waals surface area contributed by atoms with E-state index < -0.39 is 17.4 Å². The molecule has 0 aromatic heterocycles. The molecule has 136 valence electrons. The van der Waals surface area contributed by atoms with E-state index in [1.54, 1.807) is 25.1 Å². The van der Waals surface area contributed by atoms with E-state index in [0.717, 1.165) is 0 Å². The number of hydrogen-bond donors (Lipinski definition) is 1. The standard InChI is InChI=1S/C18H16F2N2O4/c1-12(14-6-8-16(9-7-14)26-18(19)20)21-17(23)10-5-13-3-2-4-15(11-13)22(24)25/h2-12,18H,1H3,(H,21,23). The lowest BCUT2D eigenvalue weighted by molar-refractivity contribution is -0.384. The van der Waals surface area contributed by atoms with Gasteiger partial charge in [-0.15, -0.1) is 0 Å². The lowest BCUT2D eigenvalue weighted by atomic mass is 10.1. The summed E-state index contributed by atoms with van der Waals surface area (Å²) in [5, 5.41) is 13.4. The fourth-order valence-corrected chi connectivity index (χ4v) is 2.20. The zero-order valence-corrected chi connectivity index (χ0v) is 13.8. The van der Waals surface area contributed by atoms with Crippen molar-refractivity contribution in [2.24, 2.45) is 0 Å². The maximum atomic E-state index is 12.1. The summed E-state index contributed by atoms with van der Waals surface area (Å²) in [7, 11) is 0. The summed E-state index contributed by atoms with van der Waals surface area (Å²) < 4.78 is 28.5. The maximum absolute atomic E-state index is 12.1. The molecular weight excluding hydrogens is 346 g/mol. The molecule has 8 heteroatoms. The van der Waals surface area contributed by atoms with Gasteiger partial charge in [-0.25, -0.2) is 0 Å². The van der Waals surface area contributed by atoms with Gasteiger partial charge in [-0.2, -0.15) is 8.78 Å². The minimum absolute atomic E-state index is 0.0350. The van der Waals surface area contributed by atoms with E-state index in [2.05, 4.69) is 10.1 Å². The average molecular weight is 362 g/mol. The maximum Gasteiger partial charge on any atom is 0.387 e. The number of nitrogens with one attached hydrogen (secondary N) is 1. The van der Waals surface area contributed by atoms with Crippen LogP contribution in [0.4, 0.5) is 14.5 Å². The van der Waals surface area contributed by atoms with E-state index in [1.165, 1.54) is 42.5 Å². The van der Waals surface area contributed by atoms with Crippen molar-refractivity contribution in [2.75, 3.05) is 0 Å². The molecule has 0 aliphatic carbocycles. The van der Waals surface area contributed by atoms with E-state index in [9.17, 15) is 23.7 Å². The Kier molecular flexibility index (Phi) is 6.37. The number of alkyl halides is 2. The molecule has 1 amide bonds. The highest BCUT2D eigenvalue weighted by Gasteiger charge is 2.10. The Morgan fingerprint density at radius 3 is 2.54 bits per heavy atom. The number of benzene rings is 2. The van der Waals surface area contributed by atoms with Crippen LogP contribution in [0, 0.1) is 10.1 Å². The molecule has 0 heterocycles. The van der Waals surface area contributed by atoms with Gasteiger partial charge < -0.3 is 10.1 Å². The van der Waals surface area contributed by atoms with Crippen LogP contribution in [0.3, 0.4) is 0 Å². The van der Waals surface area contributed by atoms with Crippen molar-refractivity contribution >= 4 is 17.7 Å². The highest BCUT2D eigenvalue weighted by atomic mass is 19.3. The number of carbonyl (C=O) groups excluding carboxylic acids is 1. The van der Waals surface area contributed by atoms with Gasteiger partial charge in [-0.1, -0.05) is 24.3 Å². The molecule has 2 aromatic rings. The van der Waals surface area contributed by atoms with Crippen LogP contribution in [0.5, 0.6) is 5.75 Å². The third-order valence-corrected chi connectivity index (χ3v) is 3.47. The smallest absolute Gasteiger partial charge is 0.387 e. The molecule has 0 saturated heterocycles. The predicted molar refractivity (Wildman–Crippen MR) is 91.8 cm³/mol. The lowest BCUT2D eigenvalue weighted by Gasteiger charge is -2.13. The van der Waals surface area contributed by atoms with Crippen molar-refractivity contribution in [3.63, 3.8) is 0 Å². The minimum atomic E-state index is -2.89. The van der Waals surface area contributed by atoms with Crippen LogP contribution >= 0.6 is 0 Å². The third-order valence-electron chi connectivity index (χ3n) is 3.47. The number of non-ortho nitro benzene ring substituents is 1. The molecule has 26 heavy (non-hydrogen) atoms. The van der Waals surface area contributed by atoms with E-state index in [1.807, 2.05) is 0 Å². The summed E-state index contributed by atoms with van der Waals surface area (Å²) >= 11 is 0. The molecule has 0 aliphatic heterocycles. The van der Waals surface area contributed by atoms with Crippen LogP contribution in [-0.4, -0.2) is 17.4 Å². The summed E-state index contributed by atoms with van der Waals surface area (Å²) in [6.45, 7) is -1.15. The molecule has 0 fully saturated rings. The Morgan fingerprint density at radius 2 is 1.92 bits per heavy atom. The minimum Gasteiger partial charge on any atom is -0.435 e. The highest BCUT2D eigenvalue weighted by molar-refractivity contribution is 5.92. The molecular formula is C18H16F2N2O4. The first kappa shape index (κ1) is 19.0. The fourth-order valence-electron chi connectivity index (χ4n) is 2.20. The van der Waals surface area contributed by atoms with Crippen LogP contribution in [0.25, 0.3) is 6.08 Å². The van der Waals surface area contributed by atoms with Gasteiger partial charge in [0.05, 0.1) is 11.0 Å². The van der Waals surface area contributed by atoms with Crippen molar-refractivity contribution in [1.29, 1.82) is 0 Å². The second kappa shape index (κ2) is 8.70. The number of halogens is 2. The number of carbonyl (C=O) groups is 1. The quantitative estimate of drug-likeness (QED) is 0.457. The monoisotopic (exact) mass is 362 g/mol. The Labute approximate surface area is 148 Å². The number of nitro groups is 1. The molecule has 1 atom stereocenters. The van der Waals surface area contributed by atoms with Crippen molar-refractivity contribution < 1.29 is 23.2 Å². The van der Waals surface area contributed by atoms with Gasteiger partial charge in [0.25, 0.3) is 5.69 Å². The van der Waals surface area contributed by atoms with Crippen molar-refractivity contribution in [2.45, 2.75) is 19.6 Å². The van der Waals surface area contributed by atoms with Gasteiger partial charge in [0.1, 0.15) is 5.75 Å². The highest BCUT2D eigenvalue weighted by Crippen LogP contribution is 2.19. The second-order valence-corrected chi connectivity index (χ2v) is 5.36. The number of nitro benzene ring substituents is 1. The van der Waals surface area contributed by atoms with Crippen LogP contribution in [0.15, 0.2) is 54.6 Å². The molecule has 2 aromatic carbocycles. The first-order valence-electron chi connectivity index (χ1n) is 7.63. The molecule has 2 rings (SSSR count). The van der Waals surface area contributed by atoms with Crippen LogP contribution in [0.2, 0.25) is 0 Å². The Bertz CT molecular complexity index is 807. The summed E-state index contributed by atoms with van der Waals surface area (Å²) in [5.74, 6) is -0.357. The van der Waals surface area contributed by atoms with Gasteiger partial charge >= 0.3 is 6.61 Å². The van der Waals surface area contributed by atoms with Crippen LogP contribution in [-0.2, 0) is 4.79 Å². The lowest BCUT2D eigenvalue weighted by Crippen LogP contribution is -2.24. The summed E-state index contributed by atoms with van der Waals surface area (Å²) in [5.41, 5.74) is 1.17. The van der Waals surface area contributed by atoms with Crippen LogP contribution < -0.4 is 10.1 Å². The molecule has 6 nitrogen and oxygen atoms in total. The average Bonchev–Trinajstić information content (AvgIpc) is 2.60. The second-order valence-electron chi connectivity index (χ2n) is 5.36. The molecule has 1 unspecified atom stereocenters. The van der Waals surface area contributed by atoms with E-state index in [4.69, 9.17) is 0 Å². The summed E-state index contributed by atoms with van der Waals surface area (Å²) in [4.78, 5) is 22.2. The van der Waals surface area contributed by atoms with Crippen molar-refractivity contribution in [1.82, 2.24) is 5.32 Å².